The van der Waals surface area contributed by atoms with Gasteiger partial charge in [-0.2, -0.15) is 0 Å². The highest BCUT2D eigenvalue weighted by Gasteiger charge is 2.08. The van der Waals surface area contributed by atoms with Crippen LogP contribution in [0.15, 0.2) is 47.5 Å². The van der Waals surface area contributed by atoms with Gasteiger partial charge in [-0.25, -0.2) is 0 Å². The van der Waals surface area contributed by atoms with Crippen molar-refractivity contribution in [2.75, 3.05) is 28.3 Å². The fourth-order valence-corrected chi connectivity index (χ4v) is 2.61. The maximum Gasteiger partial charge on any atom is 0.253 e. The van der Waals surface area contributed by atoms with Gasteiger partial charge < -0.3 is 20.3 Å². The Morgan fingerprint density at radius 2 is 1.71 bits per heavy atom. The largest absolute Gasteiger partial charge is 0.496 e. The first-order valence-electron chi connectivity index (χ1n) is 8.83. The molecule has 2 aromatic rings. The number of guanidine groups is 1. The number of amides is 1. The van der Waals surface area contributed by atoms with Gasteiger partial charge in [0.25, 0.3) is 5.91 Å². The third kappa shape index (κ3) is 6.70. The molecule has 0 saturated carbocycles. The van der Waals surface area contributed by atoms with Gasteiger partial charge >= 0.3 is 0 Å². The molecule has 0 heterocycles. The summed E-state index contributed by atoms with van der Waals surface area (Å²) in [5.74, 6) is 1.56. The van der Waals surface area contributed by atoms with Crippen molar-refractivity contribution in [2.45, 2.75) is 20.0 Å². The van der Waals surface area contributed by atoms with Gasteiger partial charge in [0.15, 0.2) is 5.96 Å². The fourth-order valence-electron chi connectivity index (χ4n) is 2.61. The maximum atomic E-state index is 11.9. The molecule has 0 aliphatic heterocycles. The predicted octanol–water partition coefficient (Wildman–Crippen LogP) is 3.19. The molecule has 0 aliphatic carbocycles. The van der Waals surface area contributed by atoms with E-state index in [-0.39, 0.29) is 29.9 Å². The normalized spacial score (nSPS) is 10.7. The molecule has 2 rings (SSSR count). The molecule has 0 unspecified atom stereocenters. The summed E-state index contributed by atoms with van der Waals surface area (Å²) < 4.78 is 5.44. The van der Waals surface area contributed by atoms with Crippen LogP contribution in [0, 0.1) is 6.92 Å². The number of carbonyl (C=O) groups excluding carboxylic acids is 1. The standard InChI is InChI=1S/C21H28N4O2.HI/c1-15-6-9-18(19(12-15)27-5)14-24-21(22-2)23-13-16-7-10-17(11-8-16)20(26)25(3)4;/h6-12H,13-14H2,1-5H3,(H2,22,23,24);1H. The second-order valence-electron chi connectivity index (χ2n) is 6.49. The lowest BCUT2D eigenvalue weighted by Gasteiger charge is -2.15. The average Bonchev–Trinajstić information content (AvgIpc) is 2.68. The van der Waals surface area contributed by atoms with Crippen LogP contribution in [0.4, 0.5) is 0 Å². The third-order valence-corrected chi connectivity index (χ3v) is 4.18. The molecule has 0 atom stereocenters. The van der Waals surface area contributed by atoms with E-state index >= 15 is 0 Å². The van der Waals surface area contributed by atoms with E-state index in [0.717, 1.165) is 22.4 Å². The number of halogens is 1. The van der Waals surface area contributed by atoms with Crippen LogP contribution in [0.2, 0.25) is 0 Å². The van der Waals surface area contributed by atoms with E-state index in [0.29, 0.717) is 24.6 Å². The number of rotatable bonds is 6. The van der Waals surface area contributed by atoms with Crippen molar-refractivity contribution < 1.29 is 9.53 Å². The zero-order valence-electron chi connectivity index (χ0n) is 17.1. The van der Waals surface area contributed by atoms with Crippen molar-refractivity contribution in [2.24, 2.45) is 4.99 Å². The Morgan fingerprint density at radius 1 is 1.07 bits per heavy atom. The van der Waals surface area contributed by atoms with Crippen LogP contribution < -0.4 is 15.4 Å². The molecule has 0 saturated heterocycles. The highest BCUT2D eigenvalue weighted by molar-refractivity contribution is 14.0. The van der Waals surface area contributed by atoms with E-state index in [1.165, 1.54) is 0 Å². The van der Waals surface area contributed by atoms with Crippen molar-refractivity contribution in [3.8, 4) is 5.75 Å². The van der Waals surface area contributed by atoms with E-state index in [2.05, 4.69) is 27.8 Å². The molecule has 0 fully saturated rings. The lowest BCUT2D eigenvalue weighted by molar-refractivity contribution is 0.0827. The van der Waals surface area contributed by atoms with Crippen LogP contribution in [0.1, 0.15) is 27.0 Å². The second kappa shape index (κ2) is 11.5. The molecule has 2 N–H and O–H groups in total. The molecule has 152 valence electrons. The molecule has 0 aliphatic rings. The Kier molecular flexibility index (Phi) is 9.78. The highest BCUT2D eigenvalue weighted by atomic mass is 127. The molecule has 0 aromatic heterocycles. The lowest BCUT2D eigenvalue weighted by atomic mass is 10.1. The minimum atomic E-state index is -0.000898. The van der Waals surface area contributed by atoms with Gasteiger partial charge in [-0.05, 0) is 36.2 Å². The second-order valence-corrected chi connectivity index (χ2v) is 6.49. The third-order valence-electron chi connectivity index (χ3n) is 4.18. The first-order chi connectivity index (χ1) is 12.9. The number of methoxy groups -OCH3 is 1. The Balaban J connectivity index is 0.00000392. The number of aliphatic imine (C=N–C) groups is 1. The molecule has 6 nitrogen and oxygen atoms in total. The summed E-state index contributed by atoms with van der Waals surface area (Å²) in [7, 11) is 6.91. The zero-order valence-corrected chi connectivity index (χ0v) is 19.4. The summed E-state index contributed by atoms with van der Waals surface area (Å²) in [5.41, 5.74) is 3.98. The predicted molar refractivity (Wildman–Crippen MR) is 125 cm³/mol. The molecule has 0 bridgehead atoms. The van der Waals surface area contributed by atoms with Crippen molar-refractivity contribution in [3.63, 3.8) is 0 Å². The SMILES string of the molecule is CN=C(NCc1ccc(C(=O)N(C)C)cc1)NCc1ccc(C)cc1OC.I. The first kappa shape index (κ1) is 23.7. The summed E-state index contributed by atoms with van der Waals surface area (Å²) >= 11 is 0. The average molecular weight is 496 g/mol. The Morgan fingerprint density at radius 3 is 2.29 bits per heavy atom. The van der Waals surface area contributed by atoms with Crippen LogP contribution in [-0.2, 0) is 13.1 Å². The Bertz CT molecular complexity index is 805. The van der Waals surface area contributed by atoms with Crippen molar-refractivity contribution in [1.82, 2.24) is 15.5 Å². The quantitative estimate of drug-likeness (QED) is 0.367. The summed E-state index contributed by atoms with van der Waals surface area (Å²) in [5, 5.41) is 6.57. The van der Waals surface area contributed by atoms with E-state index in [1.807, 2.05) is 37.3 Å². The summed E-state index contributed by atoms with van der Waals surface area (Å²) in [6.07, 6.45) is 0. The number of nitrogens with one attached hydrogen (secondary N) is 2. The van der Waals surface area contributed by atoms with Crippen molar-refractivity contribution >= 4 is 35.8 Å². The number of carbonyl (C=O) groups is 1. The Hall–Kier alpha value is -2.29. The van der Waals surface area contributed by atoms with Gasteiger partial charge in [0.05, 0.1) is 7.11 Å². The molecule has 2 aromatic carbocycles. The number of hydrogen-bond acceptors (Lipinski definition) is 3. The molecular formula is C21H29IN4O2. The summed E-state index contributed by atoms with van der Waals surface area (Å²) in [4.78, 5) is 17.8. The highest BCUT2D eigenvalue weighted by Crippen LogP contribution is 2.19. The van der Waals surface area contributed by atoms with Crippen LogP contribution in [-0.4, -0.2) is 45.0 Å². The smallest absolute Gasteiger partial charge is 0.253 e. The fraction of sp³-hybridized carbons (Fsp3) is 0.333. The molecule has 28 heavy (non-hydrogen) atoms. The number of benzene rings is 2. The van der Waals surface area contributed by atoms with Crippen LogP contribution in [0.5, 0.6) is 5.75 Å². The van der Waals surface area contributed by atoms with Gasteiger partial charge in [-0.3, -0.25) is 9.79 Å². The molecular weight excluding hydrogens is 467 g/mol. The van der Waals surface area contributed by atoms with Crippen LogP contribution in [0.3, 0.4) is 0 Å². The first-order valence-corrected chi connectivity index (χ1v) is 8.83. The zero-order chi connectivity index (χ0) is 19.8. The number of aryl methyl sites for hydroxylation is 1. The van der Waals surface area contributed by atoms with Gasteiger partial charge in [0, 0.05) is 45.4 Å². The van der Waals surface area contributed by atoms with Crippen molar-refractivity contribution in [3.05, 3.63) is 64.7 Å². The number of nitrogens with zero attached hydrogens (tertiary/aromatic N) is 2. The molecule has 0 spiro atoms. The van der Waals surface area contributed by atoms with Crippen LogP contribution >= 0.6 is 24.0 Å². The van der Waals surface area contributed by atoms with Gasteiger partial charge in [0.2, 0.25) is 0 Å². The number of hydrogen-bond donors (Lipinski definition) is 2. The van der Waals surface area contributed by atoms with Gasteiger partial charge in [0.1, 0.15) is 5.75 Å². The molecule has 1 amide bonds. The topological polar surface area (TPSA) is 66.0 Å². The number of ether oxygens (including phenoxy) is 1. The van der Waals surface area contributed by atoms with E-state index in [1.54, 1.807) is 33.2 Å². The Labute approximate surface area is 184 Å². The van der Waals surface area contributed by atoms with Gasteiger partial charge in [-0.15, -0.1) is 24.0 Å². The maximum absolute atomic E-state index is 11.9. The summed E-state index contributed by atoms with van der Waals surface area (Å²) in [6, 6.07) is 13.7. The van der Waals surface area contributed by atoms with E-state index in [4.69, 9.17) is 4.74 Å². The molecule has 7 heteroatoms. The lowest BCUT2D eigenvalue weighted by Crippen LogP contribution is -2.36. The minimum Gasteiger partial charge on any atom is -0.496 e. The van der Waals surface area contributed by atoms with Crippen molar-refractivity contribution in [1.29, 1.82) is 0 Å². The molecule has 0 radical (unpaired) electrons. The van der Waals surface area contributed by atoms with E-state index in [9.17, 15) is 4.79 Å². The van der Waals surface area contributed by atoms with Crippen LogP contribution in [0.25, 0.3) is 0 Å². The van der Waals surface area contributed by atoms with E-state index < -0.39 is 0 Å². The summed E-state index contributed by atoms with van der Waals surface area (Å²) in [6.45, 7) is 3.26. The van der Waals surface area contributed by atoms with Gasteiger partial charge in [-0.1, -0.05) is 24.3 Å². The minimum absolute atomic E-state index is 0. The monoisotopic (exact) mass is 496 g/mol.